The number of nitrogens with one attached hydrogen (secondary N) is 1. The lowest BCUT2D eigenvalue weighted by atomic mass is 9.83. The lowest BCUT2D eigenvalue weighted by Gasteiger charge is -2.35. The minimum atomic E-state index is -0.392. The fraction of sp³-hybridized carbons (Fsp3) is 0.611. The van der Waals surface area contributed by atoms with Crippen LogP contribution in [0.4, 0.5) is 4.79 Å². The number of benzene rings is 1. The number of hydrogen-bond acceptors (Lipinski definition) is 4. The fourth-order valence-corrected chi connectivity index (χ4v) is 3.86. The highest BCUT2D eigenvalue weighted by atomic mass is 35.5. The van der Waals surface area contributed by atoms with Crippen LogP contribution in [0.1, 0.15) is 31.2 Å². The fourth-order valence-electron chi connectivity index (χ4n) is 3.33. The quantitative estimate of drug-likeness (QED) is 0.799. The first-order valence-electron chi connectivity index (χ1n) is 8.77. The van der Waals surface area contributed by atoms with Gasteiger partial charge in [-0.25, -0.2) is 4.79 Å². The Labute approximate surface area is 158 Å². The van der Waals surface area contributed by atoms with Crippen LogP contribution in [0.5, 0.6) is 5.75 Å². The van der Waals surface area contributed by atoms with Crippen LogP contribution in [0.15, 0.2) is 12.1 Å². The van der Waals surface area contributed by atoms with Gasteiger partial charge >= 0.3 is 6.09 Å². The molecular weight excluding hydrogens is 363 g/mol. The van der Waals surface area contributed by atoms with Crippen LogP contribution in [0, 0.1) is 5.92 Å². The lowest BCUT2D eigenvalue weighted by Crippen LogP contribution is -2.37. The van der Waals surface area contributed by atoms with Crippen LogP contribution in [0.2, 0.25) is 10.0 Å². The average Bonchev–Trinajstić information content (AvgIpc) is 3.08. The van der Waals surface area contributed by atoms with Crippen molar-refractivity contribution in [2.45, 2.75) is 38.3 Å². The van der Waals surface area contributed by atoms with E-state index in [2.05, 4.69) is 10.2 Å². The molecule has 0 radical (unpaired) electrons. The maximum Gasteiger partial charge on any atom is 0.406 e. The zero-order valence-corrected chi connectivity index (χ0v) is 15.9. The molecular formula is C18H24Cl2N2O3. The van der Waals surface area contributed by atoms with E-state index in [1.165, 1.54) is 12.8 Å². The molecule has 25 heavy (non-hydrogen) atoms. The van der Waals surface area contributed by atoms with E-state index in [4.69, 9.17) is 32.7 Å². The molecule has 1 saturated carbocycles. The molecule has 1 aromatic carbocycles. The predicted octanol–water partition coefficient (Wildman–Crippen LogP) is 4.10. The van der Waals surface area contributed by atoms with Gasteiger partial charge in [0.05, 0.1) is 17.7 Å². The number of carbonyl (C=O) groups is 1. The van der Waals surface area contributed by atoms with Crippen LogP contribution in [0.25, 0.3) is 0 Å². The van der Waals surface area contributed by atoms with Gasteiger partial charge in [0, 0.05) is 30.1 Å². The molecule has 1 aliphatic carbocycles. The summed E-state index contributed by atoms with van der Waals surface area (Å²) in [6, 6.07) is 3.70. The topological polar surface area (TPSA) is 50.8 Å². The Hall–Kier alpha value is -1.17. The van der Waals surface area contributed by atoms with E-state index >= 15 is 0 Å². The third kappa shape index (κ3) is 4.72. The molecule has 1 saturated heterocycles. The summed E-state index contributed by atoms with van der Waals surface area (Å²) in [6.45, 7) is 3.37. The van der Waals surface area contributed by atoms with E-state index in [1.807, 2.05) is 12.1 Å². The van der Waals surface area contributed by atoms with Crippen molar-refractivity contribution in [3.8, 4) is 5.75 Å². The van der Waals surface area contributed by atoms with E-state index in [1.54, 1.807) is 7.05 Å². The molecule has 2 fully saturated rings. The molecule has 2 aliphatic rings. The van der Waals surface area contributed by atoms with Gasteiger partial charge in [0.2, 0.25) is 0 Å². The Kier molecular flexibility index (Phi) is 6.31. The highest BCUT2D eigenvalue weighted by Crippen LogP contribution is 2.38. The summed E-state index contributed by atoms with van der Waals surface area (Å²) in [5, 5.41) is 3.75. The molecule has 1 amide bonds. The number of hydrogen-bond donors (Lipinski definition) is 1. The number of rotatable bonds is 6. The minimum absolute atomic E-state index is 0.108. The molecule has 5 nitrogen and oxygen atoms in total. The van der Waals surface area contributed by atoms with Crippen molar-refractivity contribution < 1.29 is 14.3 Å². The first-order valence-corrected chi connectivity index (χ1v) is 9.52. The van der Waals surface area contributed by atoms with Crippen molar-refractivity contribution in [3.05, 3.63) is 27.7 Å². The molecule has 3 rings (SSSR count). The first-order chi connectivity index (χ1) is 12.1. The van der Waals surface area contributed by atoms with Gasteiger partial charge in [-0.05, 0) is 50.9 Å². The second kappa shape index (κ2) is 8.47. The van der Waals surface area contributed by atoms with Gasteiger partial charge in [-0.2, -0.15) is 0 Å². The van der Waals surface area contributed by atoms with Gasteiger partial charge in [0.25, 0.3) is 0 Å². The molecule has 1 N–H and O–H groups in total. The van der Waals surface area contributed by atoms with E-state index < -0.39 is 6.09 Å². The van der Waals surface area contributed by atoms with Gasteiger partial charge in [-0.3, -0.25) is 4.90 Å². The third-order valence-electron chi connectivity index (χ3n) is 4.87. The zero-order chi connectivity index (χ0) is 17.8. The summed E-state index contributed by atoms with van der Waals surface area (Å²) in [5.74, 6) is 1.04. The van der Waals surface area contributed by atoms with E-state index in [9.17, 15) is 4.79 Å². The van der Waals surface area contributed by atoms with Crippen LogP contribution < -0.4 is 10.1 Å². The average molecular weight is 387 g/mol. The Balaban J connectivity index is 1.54. The van der Waals surface area contributed by atoms with Crippen LogP contribution >= 0.6 is 23.2 Å². The molecule has 0 aromatic heterocycles. The lowest BCUT2D eigenvalue weighted by molar-refractivity contribution is 0.0241. The molecule has 1 aliphatic heterocycles. The number of nitrogens with zero attached hydrogens (tertiary/aromatic N) is 1. The summed E-state index contributed by atoms with van der Waals surface area (Å²) in [6.07, 6.45) is 3.89. The second-order valence-electron chi connectivity index (χ2n) is 6.75. The van der Waals surface area contributed by atoms with Crippen molar-refractivity contribution in [2.24, 2.45) is 5.92 Å². The molecule has 1 heterocycles. The number of alkyl carbamates (subject to hydrolysis) is 1. The summed E-state index contributed by atoms with van der Waals surface area (Å²) < 4.78 is 11.1. The number of ether oxygens (including phenoxy) is 2. The summed E-state index contributed by atoms with van der Waals surface area (Å²) in [5.41, 5.74) is 0.946. The normalized spacial score (nSPS) is 23.2. The molecule has 7 heteroatoms. The highest BCUT2D eigenvalue weighted by molar-refractivity contribution is 6.36. The second-order valence-corrected chi connectivity index (χ2v) is 7.53. The number of carbonyl (C=O) groups excluding carboxylic acids is 1. The monoisotopic (exact) mass is 386 g/mol. The third-order valence-corrected chi connectivity index (χ3v) is 5.64. The van der Waals surface area contributed by atoms with Gasteiger partial charge in [-0.15, -0.1) is 0 Å². The van der Waals surface area contributed by atoms with Gasteiger partial charge in [0.15, 0.2) is 0 Å². The molecule has 0 unspecified atom stereocenters. The molecule has 0 bridgehead atoms. The Morgan fingerprint density at radius 2 is 2.00 bits per heavy atom. The number of amides is 1. The van der Waals surface area contributed by atoms with Crippen molar-refractivity contribution in [3.63, 3.8) is 0 Å². The van der Waals surface area contributed by atoms with Gasteiger partial charge < -0.3 is 14.8 Å². The van der Waals surface area contributed by atoms with Gasteiger partial charge in [0.1, 0.15) is 5.75 Å². The molecule has 1 aromatic rings. The van der Waals surface area contributed by atoms with Crippen molar-refractivity contribution in [1.29, 1.82) is 0 Å². The number of halogens is 2. The van der Waals surface area contributed by atoms with Crippen LogP contribution in [0.3, 0.4) is 0 Å². The largest absolute Gasteiger partial charge is 0.489 e. The number of likely N-dealkylation sites (tertiary alicyclic amines) is 1. The summed E-state index contributed by atoms with van der Waals surface area (Å²) in [7, 11) is 1.55. The van der Waals surface area contributed by atoms with Crippen molar-refractivity contribution >= 4 is 29.3 Å². The standard InChI is InChI=1S/C18H24Cl2N2O3/c1-21-18(23)24-11-12-8-13(9-12)25-16-5-4-15(19)14(17(16)20)10-22-6-2-3-7-22/h4-5,12-13H,2-3,6-11H2,1H3,(H,21,23). The first kappa shape index (κ1) is 18.6. The molecule has 0 spiro atoms. The van der Waals surface area contributed by atoms with E-state index in [0.29, 0.717) is 28.3 Å². The van der Waals surface area contributed by atoms with Gasteiger partial charge in [-0.1, -0.05) is 23.2 Å². The maximum atomic E-state index is 11.1. The van der Waals surface area contributed by atoms with Crippen molar-refractivity contribution in [1.82, 2.24) is 10.2 Å². The van der Waals surface area contributed by atoms with Crippen molar-refractivity contribution in [2.75, 3.05) is 26.7 Å². The summed E-state index contributed by atoms with van der Waals surface area (Å²) in [4.78, 5) is 13.5. The smallest absolute Gasteiger partial charge is 0.406 e. The van der Waals surface area contributed by atoms with E-state index in [-0.39, 0.29) is 6.10 Å². The highest BCUT2D eigenvalue weighted by Gasteiger charge is 2.32. The SMILES string of the molecule is CNC(=O)OCC1CC(Oc2ccc(Cl)c(CN3CCCC3)c2Cl)C1. The summed E-state index contributed by atoms with van der Waals surface area (Å²) >= 11 is 12.9. The Morgan fingerprint density at radius 3 is 2.68 bits per heavy atom. The Morgan fingerprint density at radius 1 is 1.28 bits per heavy atom. The van der Waals surface area contributed by atoms with E-state index in [0.717, 1.165) is 38.0 Å². The molecule has 138 valence electrons. The Bertz CT molecular complexity index is 615. The van der Waals surface area contributed by atoms with Crippen LogP contribution in [-0.4, -0.2) is 43.8 Å². The predicted molar refractivity (Wildman–Crippen MR) is 98.5 cm³/mol. The van der Waals surface area contributed by atoms with Crippen LogP contribution in [-0.2, 0) is 11.3 Å². The zero-order valence-electron chi connectivity index (χ0n) is 14.4. The molecule has 0 atom stereocenters. The maximum absolute atomic E-state index is 11.1. The minimum Gasteiger partial charge on any atom is -0.489 e.